The summed E-state index contributed by atoms with van der Waals surface area (Å²) in [6.07, 6.45) is -4.49. The lowest BCUT2D eigenvalue weighted by Gasteiger charge is -2.12. The van der Waals surface area contributed by atoms with Gasteiger partial charge < -0.3 is 10.1 Å². The fraction of sp³-hybridized carbons (Fsp3) is 0.154. The Labute approximate surface area is 132 Å². The van der Waals surface area contributed by atoms with Gasteiger partial charge in [-0.05, 0) is 24.3 Å². The highest BCUT2D eigenvalue weighted by Gasteiger charge is 2.32. The van der Waals surface area contributed by atoms with Crippen LogP contribution in [-0.2, 0) is 6.18 Å². The van der Waals surface area contributed by atoms with E-state index in [1.807, 2.05) is 0 Å². The lowest BCUT2D eigenvalue weighted by molar-refractivity contribution is -0.137. The van der Waals surface area contributed by atoms with E-state index in [4.69, 9.17) is 16.3 Å². The summed E-state index contributed by atoms with van der Waals surface area (Å²) >= 11 is 9.19. The van der Waals surface area contributed by atoms with Gasteiger partial charge in [-0.1, -0.05) is 27.5 Å². The largest absolute Gasteiger partial charge is 0.437 e. The van der Waals surface area contributed by atoms with E-state index in [9.17, 15) is 13.2 Å². The maximum Gasteiger partial charge on any atom is 0.416 e. The minimum atomic E-state index is -4.49. The molecule has 0 fully saturated rings. The number of nitrogens with zero attached hydrogens (tertiary/aromatic N) is 1. The van der Waals surface area contributed by atoms with Gasteiger partial charge in [-0.25, -0.2) is 0 Å². The summed E-state index contributed by atoms with van der Waals surface area (Å²) < 4.78 is 44.5. The Morgan fingerprint density at radius 1 is 1.24 bits per heavy atom. The molecule has 8 heteroatoms. The Morgan fingerprint density at radius 3 is 2.52 bits per heavy atom. The third-order valence-electron chi connectivity index (χ3n) is 2.49. The van der Waals surface area contributed by atoms with E-state index in [1.165, 1.54) is 13.1 Å². The first-order valence-corrected chi connectivity index (χ1v) is 6.86. The molecule has 0 aliphatic heterocycles. The van der Waals surface area contributed by atoms with E-state index < -0.39 is 11.7 Å². The molecule has 3 nitrogen and oxygen atoms in total. The van der Waals surface area contributed by atoms with Gasteiger partial charge in [0, 0.05) is 17.6 Å². The van der Waals surface area contributed by atoms with Crippen LogP contribution in [0, 0.1) is 0 Å². The van der Waals surface area contributed by atoms with Crippen LogP contribution in [0.2, 0.25) is 5.02 Å². The first kappa shape index (κ1) is 15.9. The van der Waals surface area contributed by atoms with Crippen molar-refractivity contribution in [2.24, 2.45) is 0 Å². The number of pyridine rings is 1. The zero-order chi connectivity index (χ0) is 15.6. The fourth-order valence-electron chi connectivity index (χ4n) is 1.52. The molecule has 1 N–H and O–H groups in total. The Balaban J connectivity index is 2.39. The molecule has 2 aromatic rings. The number of benzene rings is 1. The van der Waals surface area contributed by atoms with E-state index in [2.05, 4.69) is 26.2 Å². The van der Waals surface area contributed by atoms with Crippen molar-refractivity contribution < 1.29 is 17.9 Å². The molecule has 0 atom stereocenters. The SMILES string of the molecule is CNc1cc(C(F)(F)F)cc(Oc2ccc(Br)cc2Cl)n1. The van der Waals surface area contributed by atoms with Crippen LogP contribution in [0.5, 0.6) is 11.6 Å². The molecular weight excluding hydrogens is 373 g/mol. The van der Waals surface area contributed by atoms with Crippen molar-refractivity contribution in [2.75, 3.05) is 12.4 Å². The van der Waals surface area contributed by atoms with Crippen LogP contribution < -0.4 is 10.1 Å². The lowest BCUT2D eigenvalue weighted by atomic mass is 10.2. The molecule has 112 valence electrons. The van der Waals surface area contributed by atoms with Crippen LogP contribution in [-0.4, -0.2) is 12.0 Å². The number of hydrogen-bond acceptors (Lipinski definition) is 3. The Kier molecular flexibility index (Phi) is 4.63. The maximum atomic E-state index is 12.8. The summed E-state index contributed by atoms with van der Waals surface area (Å²) in [7, 11) is 1.47. The van der Waals surface area contributed by atoms with Crippen molar-refractivity contribution in [3.8, 4) is 11.6 Å². The Hall–Kier alpha value is -1.47. The van der Waals surface area contributed by atoms with Gasteiger partial charge in [-0.2, -0.15) is 18.2 Å². The molecule has 0 amide bonds. The first-order chi connectivity index (χ1) is 9.79. The number of ether oxygens (including phenoxy) is 1. The summed E-state index contributed by atoms with van der Waals surface area (Å²) in [6, 6.07) is 6.49. The van der Waals surface area contributed by atoms with Crippen LogP contribution in [0.15, 0.2) is 34.8 Å². The van der Waals surface area contributed by atoms with Crippen molar-refractivity contribution in [1.29, 1.82) is 0 Å². The third-order valence-corrected chi connectivity index (χ3v) is 3.28. The highest BCUT2D eigenvalue weighted by atomic mass is 79.9. The molecule has 0 bridgehead atoms. The van der Waals surface area contributed by atoms with E-state index in [0.717, 1.165) is 16.6 Å². The lowest BCUT2D eigenvalue weighted by Crippen LogP contribution is -2.07. The molecule has 1 heterocycles. The van der Waals surface area contributed by atoms with Gasteiger partial charge >= 0.3 is 6.18 Å². The average Bonchev–Trinajstić information content (AvgIpc) is 2.40. The second-order valence-electron chi connectivity index (χ2n) is 4.00. The van der Waals surface area contributed by atoms with Gasteiger partial charge in [-0.3, -0.25) is 0 Å². The van der Waals surface area contributed by atoms with Crippen molar-refractivity contribution in [3.05, 3.63) is 45.4 Å². The number of nitrogens with one attached hydrogen (secondary N) is 1. The molecule has 1 aromatic carbocycles. The molecule has 0 radical (unpaired) electrons. The maximum absolute atomic E-state index is 12.8. The predicted molar refractivity (Wildman–Crippen MR) is 78.0 cm³/mol. The number of alkyl halides is 3. The topological polar surface area (TPSA) is 34.1 Å². The Morgan fingerprint density at radius 2 is 1.95 bits per heavy atom. The highest BCUT2D eigenvalue weighted by Crippen LogP contribution is 2.35. The number of anilines is 1. The smallest absolute Gasteiger partial charge is 0.416 e. The van der Waals surface area contributed by atoms with E-state index in [1.54, 1.807) is 12.1 Å². The van der Waals surface area contributed by atoms with Crippen LogP contribution in [0.3, 0.4) is 0 Å². The molecule has 0 saturated carbocycles. The zero-order valence-corrected chi connectivity index (χ0v) is 13.0. The fourth-order valence-corrected chi connectivity index (χ4v) is 2.23. The molecule has 1 aromatic heterocycles. The summed E-state index contributed by atoms with van der Waals surface area (Å²) in [5.41, 5.74) is -0.856. The summed E-state index contributed by atoms with van der Waals surface area (Å²) in [5.74, 6) is 0.0696. The molecule has 21 heavy (non-hydrogen) atoms. The van der Waals surface area contributed by atoms with Gasteiger partial charge in [0.2, 0.25) is 5.88 Å². The summed E-state index contributed by atoms with van der Waals surface area (Å²) in [4.78, 5) is 3.92. The third kappa shape index (κ3) is 4.01. The minimum absolute atomic E-state index is 0.0491. The van der Waals surface area contributed by atoms with Crippen molar-refractivity contribution >= 4 is 33.3 Å². The van der Waals surface area contributed by atoms with Crippen molar-refractivity contribution in [1.82, 2.24) is 4.98 Å². The van der Waals surface area contributed by atoms with Crippen LogP contribution in [0.4, 0.5) is 19.0 Å². The van der Waals surface area contributed by atoms with Crippen molar-refractivity contribution in [3.63, 3.8) is 0 Å². The first-order valence-electron chi connectivity index (χ1n) is 5.69. The highest BCUT2D eigenvalue weighted by molar-refractivity contribution is 9.10. The van der Waals surface area contributed by atoms with Crippen LogP contribution in [0.25, 0.3) is 0 Å². The molecule has 0 saturated heterocycles. The average molecular weight is 382 g/mol. The van der Waals surface area contributed by atoms with E-state index in [-0.39, 0.29) is 22.5 Å². The minimum Gasteiger partial charge on any atom is -0.437 e. The van der Waals surface area contributed by atoms with Gasteiger partial charge in [0.25, 0.3) is 0 Å². The summed E-state index contributed by atoms with van der Waals surface area (Å²) in [5, 5.41) is 2.82. The second-order valence-corrected chi connectivity index (χ2v) is 5.33. The van der Waals surface area contributed by atoms with Gasteiger partial charge in [-0.15, -0.1) is 0 Å². The van der Waals surface area contributed by atoms with Gasteiger partial charge in [0.15, 0.2) is 0 Å². The predicted octanol–water partition coefficient (Wildman–Crippen LogP) is 5.35. The molecule has 0 spiro atoms. The van der Waals surface area contributed by atoms with Crippen LogP contribution in [0.1, 0.15) is 5.56 Å². The molecular formula is C13H9BrClF3N2O. The molecule has 0 aliphatic carbocycles. The van der Waals surface area contributed by atoms with E-state index in [0.29, 0.717) is 0 Å². The van der Waals surface area contributed by atoms with Crippen molar-refractivity contribution in [2.45, 2.75) is 6.18 Å². The van der Waals surface area contributed by atoms with Gasteiger partial charge in [0.05, 0.1) is 10.6 Å². The standard InChI is InChI=1S/C13H9BrClF3N2O/c1-19-11-4-7(13(16,17)18)5-12(20-11)21-10-3-2-8(14)6-9(10)15/h2-6H,1H3,(H,19,20). The normalized spacial score (nSPS) is 11.3. The molecule has 2 rings (SSSR count). The quantitative estimate of drug-likeness (QED) is 0.778. The monoisotopic (exact) mass is 380 g/mol. The zero-order valence-electron chi connectivity index (χ0n) is 10.6. The second kappa shape index (κ2) is 6.11. The number of aromatic nitrogens is 1. The summed E-state index contributed by atoms with van der Waals surface area (Å²) in [6.45, 7) is 0. The van der Waals surface area contributed by atoms with E-state index >= 15 is 0 Å². The molecule has 0 unspecified atom stereocenters. The Bertz CT molecular complexity index is 664. The number of halogens is 5. The van der Waals surface area contributed by atoms with Crippen LogP contribution >= 0.6 is 27.5 Å². The number of rotatable bonds is 3. The van der Waals surface area contributed by atoms with Gasteiger partial charge in [0.1, 0.15) is 11.6 Å². The molecule has 0 aliphatic rings. The number of hydrogen-bond donors (Lipinski definition) is 1.